The van der Waals surface area contributed by atoms with Crippen LogP contribution < -0.4 is 15.4 Å². The van der Waals surface area contributed by atoms with Gasteiger partial charge in [0, 0.05) is 6.04 Å². The number of amides is 2. The van der Waals surface area contributed by atoms with Crippen molar-refractivity contribution in [2.45, 2.75) is 63.1 Å². The number of aliphatic hydroxyl groups is 1. The third-order valence-corrected chi connectivity index (χ3v) is 5.14. The Balaban J connectivity index is 1.56. The van der Waals surface area contributed by atoms with Gasteiger partial charge in [-0.15, -0.1) is 0 Å². The smallest absolute Gasteiger partial charge is 0.315 e. The molecule has 1 aromatic carbocycles. The molecular formula is C19H28N2O3. The van der Waals surface area contributed by atoms with Crippen LogP contribution in [0.2, 0.25) is 0 Å². The number of urea groups is 1. The van der Waals surface area contributed by atoms with E-state index in [4.69, 9.17) is 4.74 Å². The minimum Gasteiger partial charge on any atom is -0.497 e. The van der Waals surface area contributed by atoms with E-state index in [0.29, 0.717) is 5.92 Å². The van der Waals surface area contributed by atoms with Gasteiger partial charge in [0.1, 0.15) is 5.75 Å². The van der Waals surface area contributed by atoms with Crippen molar-refractivity contribution < 1.29 is 14.6 Å². The highest BCUT2D eigenvalue weighted by atomic mass is 16.5. The van der Waals surface area contributed by atoms with Crippen LogP contribution in [0, 0.1) is 5.92 Å². The summed E-state index contributed by atoms with van der Waals surface area (Å²) in [6.45, 7) is 0. The lowest BCUT2D eigenvalue weighted by Crippen LogP contribution is -2.52. The molecule has 2 aliphatic carbocycles. The Hall–Kier alpha value is -1.75. The van der Waals surface area contributed by atoms with Gasteiger partial charge in [-0.05, 0) is 55.7 Å². The monoisotopic (exact) mass is 332 g/mol. The average Bonchev–Trinajstić information content (AvgIpc) is 3.41. The fourth-order valence-electron chi connectivity index (χ4n) is 3.55. The molecular weight excluding hydrogens is 304 g/mol. The van der Waals surface area contributed by atoms with Gasteiger partial charge in [0.15, 0.2) is 0 Å². The van der Waals surface area contributed by atoms with E-state index in [1.54, 1.807) is 7.11 Å². The number of rotatable bonds is 6. The molecule has 24 heavy (non-hydrogen) atoms. The highest BCUT2D eigenvalue weighted by Gasteiger charge is 2.33. The highest BCUT2D eigenvalue weighted by molar-refractivity contribution is 5.74. The minimum absolute atomic E-state index is 0.115. The van der Waals surface area contributed by atoms with Crippen LogP contribution in [-0.2, 0) is 6.42 Å². The maximum atomic E-state index is 12.4. The molecule has 2 saturated carbocycles. The standard InChI is InChI=1S/C19H28N2O3/c1-24-15-6-4-5-13(11-15)12-17(14-9-10-14)21-19(23)20-16-7-2-3-8-18(16)22/h4-6,11,14,16-18,22H,2-3,7-10,12H2,1H3,(H2,20,21,23). The van der Waals surface area contributed by atoms with Gasteiger partial charge in [-0.3, -0.25) is 0 Å². The fourth-order valence-corrected chi connectivity index (χ4v) is 3.55. The molecule has 2 amide bonds. The van der Waals surface area contributed by atoms with Crippen LogP contribution in [0.15, 0.2) is 24.3 Å². The van der Waals surface area contributed by atoms with Gasteiger partial charge < -0.3 is 20.5 Å². The summed E-state index contributed by atoms with van der Waals surface area (Å²) >= 11 is 0. The number of ether oxygens (including phenoxy) is 1. The van der Waals surface area contributed by atoms with Crippen LogP contribution >= 0.6 is 0 Å². The lowest BCUT2D eigenvalue weighted by Gasteiger charge is -2.29. The van der Waals surface area contributed by atoms with Crippen molar-refractivity contribution in [1.82, 2.24) is 10.6 Å². The van der Waals surface area contributed by atoms with E-state index >= 15 is 0 Å². The van der Waals surface area contributed by atoms with Crippen molar-refractivity contribution in [1.29, 1.82) is 0 Å². The molecule has 2 fully saturated rings. The van der Waals surface area contributed by atoms with E-state index in [2.05, 4.69) is 16.7 Å². The number of hydrogen-bond donors (Lipinski definition) is 3. The van der Waals surface area contributed by atoms with E-state index in [9.17, 15) is 9.90 Å². The second-order valence-corrected chi connectivity index (χ2v) is 7.08. The molecule has 3 N–H and O–H groups in total. The number of aliphatic hydroxyl groups excluding tert-OH is 1. The summed E-state index contributed by atoms with van der Waals surface area (Å²) in [5.74, 6) is 1.40. The third-order valence-electron chi connectivity index (χ3n) is 5.14. The van der Waals surface area contributed by atoms with Crippen molar-refractivity contribution in [2.75, 3.05) is 7.11 Å². The zero-order valence-electron chi connectivity index (χ0n) is 14.3. The molecule has 0 saturated heterocycles. The molecule has 3 rings (SSSR count). The van der Waals surface area contributed by atoms with Crippen molar-refractivity contribution >= 4 is 6.03 Å². The summed E-state index contributed by atoms with van der Waals surface area (Å²) in [6.07, 6.45) is 6.48. The van der Waals surface area contributed by atoms with E-state index in [-0.39, 0.29) is 18.1 Å². The van der Waals surface area contributed by atoms with Crippen LogP contribution in [0.1, 0.15) is 44.1 Å². The zero-order chi connectivity index (χ0) is 16.9. The number of carbonyl (C=O) groups excluding carboxylic acids is 1. The summed E-state index contributed by atoms with van der Waals surface area (Å²) in [7, 11) is 1.67. The van der Waals surface area contributed by atoms with Gasteiger partial charge in [-0.1, -0.05) is 25.0 Å². The van der Waals surface area contributed by atoms with Crippen LogP contribution in [0.25, 0.3) is 0 Å². The summed E-state index contributed by atoms with van der Waals surface area (Å²) in [5, 5.41) is 16.1. The summed E-state index contributed by atoms with van der Waals surface area (Å²) < 4.78 is 5.28. The van der Waals surface area contributed by atoms with Crippen LogP contribution in [0.3, 0.4) is 0 Å². The Bertz CT molecular complexity index is 559. The van der Waals surface area contributed by atoms with E-state index in [1.165, 1.54) is 18.4 Å². The number of carbonyl (C=O) groups is 1. The number of benzene rings is 1. The van der Waals surface area contributed by atoms with Crippen molar-refractivity contribution in [3.8, 4) is 5.75 Å². The average molecular weight is 332 g/mol. The second kappa shape index (κ2) is 7.88. The summed E-state index contributed by atoms with van der Waals surface area (Å²) in [6, 6.07) is 7.88. The maximum Gasteiger partial charge on any atom is 0.315 e. The first kappa shape index (κ1) is 17.1. The molecule has 0 aliphatic heterocycles. The molecule has 5 nitrogen and oxygen atoms in total. The predicted molar refractivity (Wildman–Crippen MR) is 93.1 cm³/mol. The van der Waals surface area contributed by atoms with E-state index in [1.807, 2.05) is 18.2 Å². The number of hydrogen-bond acceptors (Lipinski definition) is 3. The summed E-state index contributed by atoms with van der Waals surface area (Å²) in [4.78, 5) is 12.4. The Kier molecular flexibility index (Phi) is 5.61. The first-order chi connectivity index (χ1) is 11.7. The van der Waals surface area contributed by atoms with Gasteiger partial charge in [0.25, 0.3) is 0 Å². The Labute approximate surface area is 143 Å². The Morgan fingerprint density at radius 3 is 2.79 bits per heavy atom. The maximum absolute atomic E-state index is 12.4. The molecule has 0 radical (unpaired) electrons. The predicted octanol–water partition coefficient (Wildman–Crippen LogP) is 2.62. The quantitative estimate of drug-likeness (QED) is 0.750. The van der Waals surface area contributed by atoms with E-state index in [0.717, 1.165) is 37.9 Å². The highest BCUT2D eigenvalue weighted by Crippen LogP contribution is 2.34. The summed E-state index contributed by atoms with van der Waals surface area (Å²) in [5.41, 5.74) is 1.17. The normalized spacial score (nSPS) is 24.9. The second-order valence-electron chi connectivity index (χ2n) is 7.08. The molecule has 1 aromatic rings. The van der Waals surface area contributed by atoms with Gasteiger partial charge in [-0.25, -0.2) is 4.79 Å². The van der Waals surface area contributed by atoms with Crippen molar-refractivity contribution in [3.63, 3.8) is 0 Å². The van der Waals surface area contributed by atoms with Crippen molar-refractivity contribution in [2.24, 2.45) is 5.92 Å². The first-order valence-electron chi connectivity index (χ1n) is 9.03. The number of methoxy groups -OCH3 is 1. The minimum atomic E-state index is -0.415. The number of nitrogens with one attached hydrogen (secondary N) is 2. The fraction of sp³-hybridized carbons (Fsp3) is 0.632. The molecule has 0 spiro atoms. The van der Waals surface area contributed by atoms with Crippen LogP contribution in [0.5, 0.6) is 5.75 Å². The molecule has 5 heteroatoms. The van der Waals surface area contributed by atoms with Crippen LogP contribution in [0.4, 0.5) is 4.79 Å². The van der Waals surface area contributed by atoms with Crippen LogP contribution in [-0.4, -0.2) is 36.4 Å². The topological polar surface area (TPSA) is 70.6 Å². The Morgan fingerprint density at radius 2 is 2.08 bits per heavy atom. The molecule has 3 unspecified atom stereocenters. The molecule has 0 heterocycles. The lowest BCUT2D eigenvalue weighted by atomic mass is 9.93. The molecule has 132 valence electrons. The molecule has 3 atom stereocenters. The van der Waals surface area contributed by atoms with Gasteiger partial charge in [0.05, 0.1) is 19.3 Å². The van der Waals surface area contributed by atoms with E-state index < -0.39 is 6.10 Å². The molecule has 0 bridgehead atoms. The third kappa shape index (κ3) is 4.63. The SMILES string of the molecule is COc1cccc(CC(NC(=O)NC2CCCCC2O)C2CC2)c1. The van der Waals surface area contributed by atoms with Crippen molar-refractivity contribution in [3.05, 3.63) is 29.8 Å². The first-order valence-corrected chi connectivity index (χ1v) is 9.03. The van der Waals surface area contributed by atoms with Gasteiger partial charge in [0.2, 0.25) is 0 Å². The van der Waals surface area contributed by atoms with Gasteiger partial charge in [-0.2, -0.15) is 0 Å². The Morgan fingerprint density at radius 1 is 1.29 bits per heavy atom. The molecule has 0 aromatic heterocycles. The largest absolute Gasteiger partial charge is 0.497 e. The lowest BCUT2D eigenvalue weighted by molar-refractivity contribution is 0.0939. The zero-order valence-corrected chi connectivity index (χ0v) is 14.3. The van der Waals surface area contributed by atoms with Gasteiger partial charge >= 0.3 is 6.03 Å². The molecule has 2 aliphatic rings.